The Labute approximate surface area is 553 Å². The molecule has 1 N–H and O–H groups in total. The molecule has 0 aliphatic carbocycles. The molecule has 500 valence electrons. The molecule has 0 unspecified atom stereocenters. The van der Waals surface area contributed by atoms with Gasteiger partial charge in [0.15, 0.2) is 37.2 Å². The molecule has 0 saturated carbocycles. The van der Waals surface area contributed by atoms with E-state index in [-0.39, 0.29) is 48.7 Å². The molecule has 20 nitrogen and oxygen atoms in total. The van der Waals surface area contributed by atoms with Crippen LogP contribution in [0.25, 0.3) is 0 Å². The molecule has 3 aliphatic heterocycles. The maximum absolute atomic E-state index is 14.9. The maximum atomic E-state index is 14.9. The average Bonchev–Trinajstić information content (AvgIpc) is 0.777. The topological polar surface area (TPSA) is 235 Å². The number of ether oxygens (including phenoxy) is 14. The van der Waals surface area contributed by atoms with E-state index in [9.17, 15) is 29.1 Å². The minimum atomic E-state index is -1.98. The van der Waals surface area contributed by atoms with Gasteiger partial charge in [0, 0.05) is 21.6 Å². The zero-order valence-corrected chi connectivity index (χ0v) is 54.5. The van der Waals surface area contributed by atoms with E-state index in [1.807, 2.05) is 97.9 Å². The molecule has 3 saturated heterocycles. The molecule has 0 spiro atoms. The smallest absolute Gasteiger partial charge is 0.338 e. The van der Waals surface area contributed by atoms with Crippen LogP contribution < -0.4 is 0 Å². The summed E-state index contributed by atoms with van der Waals surface area (Å²) in [4.78, 5) is 70.2. The van der Waals surface area contributed by atoms with Crippen molar-refractivity contribution in [3.05, 3.63) is 251 Å². The van der Waals surface area contributed by atoms with Gasteiger partial charge in [-0.25, -0.2) is 19.2 Å². The number of rotatable bonds is 28. The van der Waals surface area contributed by atoms with Gasteiger partial charge in [-0.3, -0.25) is 4.79 Å². The largest absolute Gasteiger partial charge is 0.459 e. The normalized spacial score (nSPS) is 25.9. The minimum absolute atomic E-state index is 0.00231. The first-order valence-electron chi connectivity index (χ1n) is 31.7. The third-order valence-corrected chi connectivity index (χ3v) is 17.8. The van der Waals surface area contributed by atoms with Gasteiger partial charge < -0.3 is 71.4 Å². The molecule has 0 radical (unpaired) electrons. The van der Waals surface area contributed by atoms with Crippen molar-refractivity contribution in [2.75, 3.05) is 19.8 Å². The number of aliphatic hydroxyl groups excluding tert-OH is 1. The first-order chi connectivity index (χ1) is 46.0. The SMILES string of the molecule is CC(=O)O[C@@H]1[C@H](O)[C@@H](OC(=O)c2ccccc2)[C@H](O[C@@H]2[C@H](O[C@@H]3O[C@@H](C)[C@@H](OCc4ccccc4)[C@@H](OCc4ccccc4)[C@@H]3OCc3ccccc3)[C@@H](OC(=O)c3ccccc3)[C@H](OCC[Si](C)(C)C)O[C@@H]2COC(=O)c2ccccc2)O[C@@H]1COC(=O)c1ccccc1. The third-order valence-electron chi connectivity index (χ3n) is 16.1. The molecule has 7 aromatic carbocycles. The first kappa shape index (κ1) is 69.5. The van der Waals surface area contributed by atoms with Crippen molar-refractivity contribution in [3.8, 4) is 0 Å². The number of carbonyl (C=O) groups is 5. The second-order valence-electron chi connectivity index (χ2n) is 24.4. The van der Waals surface area contributed by atoms with E-state index >= 15 is 0 Å². The van der Waals surface area contributed by atoms with Crippen molar-refractivity contribution >= 4 is 37.9 Å². The Morgan fingerprint density at radius 1 is 0.389 bits per heavy atom. The number of benzene rings is 7. The lowest BCUT2D eigenvalue weighted by Crippen LogP contribution is -2.68. The molecule has 3 aliphatic rings. The molecule has 0 aromatic heterocycles. The van der Waals surface area contributed by atoms with Crippen LogP contribution in [-0.2, 0) is 90.9 Å². The zero-order chi connectivity index (χ0) is 66.7. The lowest BCUT2D eigenvalue weighted by atomic mass is 9.95. The fraction of sp³-hybridized carbons (Fsp3) is 0.365. The number of hydrogen-bond acceptors (Lipinski definition) is 20. The van der Waals surface area contributed by atoms with E-state index in [1.165, 1.54) is 24.3 Å². The summed E-state index contributed by atoms with van der Waals surface area (Å²) < 4.78 is 93.6. The predicted molar refractivity (Wildman–Crippen MR) is 347 cm³/mol. The molecule has 15 atom stereocenters. The molecular weight excluding hydrogens is 1240 g/mol. The fourth-order valence-electron chi connectivity index (χ4n) is 11.1. The Balaban J connectivity index is 1.13. The highest BCUT2D eigenvalue weighted by molar-refractivity contribution is 6.76. The highest BCUT2D eigenvalue weighted by Crippen LogP contribution is 2.39. The van der Waals surface area contributed by atoms with E-state index in [4.69, 9.17) is 66.3 Å². The van der Waals surface area contributed by atoms with E-state index in [2.05, 4.69) is 19.6 Å². The lowest BCUT2D eigenvalue weighted by Gasteiger charge is -2.51. The van der Waals surface area contributed by atoms with Crippen molar-refractivity contribution in [2.24, 2.45) is 0 Å². The van der Waals surface area contributed by atoms with Gasteiger partial charge in [-0.05, 0) is 78.2 Å². The van der Waals surface area contributed by atoms with Crippen LogP contribution in [0, 0.1) is 0 Å². The monoisotopic (exact) mass is 1320 g/mol. The second-order valence-corrected chi connectivity index (χ2v) is 30.0. The van der Waals surface area contributed by atoms with Gasteiger partial charge in [0.05, 0.1) is 48.2 Å². The van der Waals surface area contributed by atoms with Gasteiger partial charge >= 0.3 is 29.8 Å². The zero-order valence-electron chi connectivity index (χ0n) is 53.5. The average molecular weight is 1320 g/mol. The van der Waals surface area contributed by atoms with Crippen LogP contribution >= 0.6 is 0 Å². The van der Waals surface area contributed by atoms with Crippen LogP contribution in [0.5, 0.6) is 0 Å². The summed E-state index contributed by atoms with van der Waals surface area (Å²) in [5.41, 5.74) is 3.06. The predicted octanol–water partition coefficient (Wildman–Crippen LogP) is 10.5. The summed E-state index contributed by atoms with van der Waals surface area (Å²) in [5, 5.41) is 12.7. The number of hydrogen-bond donors (Lipinski definition) is 1. The standard InChI is InChI=1S/C74H80O20Si/c1-48-60(82-43-50-27-13-6-14-28-50)64(83-44-51-29-15-7-16-30-51)66(84-45-52-31-17-8-18-32-52)74(87-48)94-65-62(58(47-86-69(78)54-35-21-10-22-36-54)89-72(81-41-42-95(3,4)5)67(65)92-71(80)56-39-25-12-26-40-56)93-73-63(91-70(79)55-37-23-11-24-38-55)59(76)61(88-49(2)75)57(90-73)46-85-68(77)53-33-19-9-20-34-53/h6-40,48,57-67,72-74,76H,41-47H2,1-5H3/t48-,57+,58+,59-,60+,61-,62-,63+,64+,65-,66-,67+,72+,73-,74-/m0/s1. The molecule has 3 heterocycles. The summed E-state index contributed by atoms with van der Waals surface area (Å²) in [6, 6.07) is 61.7. The summed E-state index contributed by atoms with van der Waals surface area (Å²) in [6.45, 7) is 8.49. The molecule has 21 heteroatoms. The fourth-order valence-corrected chi connectivity index (χ4v) is 11.9. The number of carbonyl (C=O) groups excluding carboxylic acids is 5. The Morgan fingerprint density at radius 2 is 0.758 bits per heavy atom. The Morgan fingerprint density at radius 3 is 1.20 bits per heavy atom. The third kappa shape index (κ3) is 19.5. The van der Waals surface area contributed by atoms with Crippen LogP contribution in [0.2, 0.25) is 25.7 Å². The minimum Gasteiger partial charge on any atom is -0.459 e. The molecule has 10 rings (SSSR count). The van der Waals surface area contributed by atoms with Gasteiger partial charge in [0.1, 0.15) is 62.0 Å². The quantitative estimate of drug-likeness (QED) is 0.0273. The van der Waals surface area contributed by atoms with Crippen LogP contribution in [0.4, 0.5) is 0 Å². The molecule has 95 heavy (non-hydrogen) atoms. The van der Waals surface area contributed by atoms with Gasteiger partial charge in [0.2, 0.25) is 0 Å². The van der Waals surface area contributed by atoms with Gasteiger partial charge in [0.25, 0.3) is 0 Å². The van der Waals surface area contributed by atoms with Crippen LogP contribution in [0.1, 0.15) is 72.0 Å². The Bertz CT molecular complexity index is 3520. The molecule has 0 amide bonds. The van der Waals surface area contributed by atoms with E-state index < -0.39 is 143 Å². The highest BCUT2D eigenvalue weighted by atomic mass is 28.3. The van der Waals surface area contributed by atoms with Crippen LogP contribution in [0.15, 0.2) is 212 Å². The molecule has 3 fully saturated rings. The van der Waals surface area contributed by atoms with Gasteiger partial charge in [-0.15, -0.1) is 0 Å². The van der Waals surface area contributed by atoms with Gasteiger partial charge in [-0.1, -0.05) is 183 Å². The van der Waals surface area contributed by atoms with Crippen LogP contribution in [0.3, 0.4) is 0 Å². The number of aliphatic hydroxyl groups is 1. The number of esters is 5. The highest BCUT2D eigenvalue weighted by Gasteiger charge is 2.58. The maximum Gasteiger partial charge on any atom is 0.338 e. The van der Waals surface area contributed by atoms with E-state index in [1.54, 1.807) is 97.1 Å². The molecule has 0 bridgehead atoms. The molecular formula is C74H80O20Si. The first-order valence-corrected chi connectivity index (χ1v) is 35.4. The van der Waals surface area contributed by atoms with Crippen molar-refractivity contribution < 1.29 is 95.4 Å². The second kappa shape index (κ2) is 33.9. The van der Waals surface area contributed by atoms with Crippen molar-refractivity contribution in [1.82, 2.24) is 0 Å². The summed E-state index contributed by atoms with van der Waals surface area (Å²) in [5.74, 6) is -4.21. The van der Waals surface area contributed by atoms with Crippen molar-refractivity contribution in [3.63, 3.8) is 0 Å². The summed E-state index contributed by atoms with van der Waals surface area (Å²) in [7, 11) is -1.89. The summed E-state index contributed by atoms with van der Waals surface area (Å²) in [6.07, 6.45) is -22.5. The van der Waals surface area contributed by atoms with Crippen molar-refractivity contribution in [2.45, 2.75) is 151 Å². The van der Waals surface area contributed by atoms with Crippen molar-refractivity contribution in [1.29, 1.82) is 0 Å². The van der Waals surface area contributed by atoms with Crippen LogP contribution in [-0.4, -0.2) is 155 Å². The Kier molecular flexibility index (Phi) is 24.8. The van der Waals surface area contributed by atoms with Gasteiger partial charge in [-0.2, -0.15) is 0 Å². The Hall–Kier alpha value is -8.29. The van der Waals surface area contributed by atoms with E-state index in [0.717, 1.165) is 23.6 Å². The summed E-state index contributed by atoms with van der Waals surface area (Å²) >= 11 is 0. The lowest BCUT2D eigenvalue weighted by molar-refractivity contribution is -0.389. The van der Waals surface area contributed by atoms with E-state index in [0.29, 0.717) is 6.04 Å². The molecule has 7 aromatic rings.